The van der Waals surface area contributed by atoms with Gasteiger partial charge in [-0.2, -0.15) is 0 Å². The molecule has 2 aromatic carbocycles. The molecule has 27 heavy (non-hydrogen) atoms. The minimum Gasteiger partial charge on any atom is -0.497 e. The lowest BCUT2D eigenvalue weighted by molar-refractivity contribution is 0.0868. The number of rotatable bonds is 8. The number of nitrogens with one attached hydrogen (secondary N) is 1. The highest BCUT2D eigenvalue weighted by Gasteiger charge is 2.17. The topological polar surface area (TPSA) is 91.9 Å². The summed E-state index contributed by atoms with van der Waals surface area (Å²) in [5.74, 6) is 0.669. The Morgan fingerprint density at radius 2 is 1.89 bits per heavy atom. The number of benzene rings is 2. The minimum atomic E-state index is -0.353. The molecule has 2 aromatic rings. The third-order valence-electron chi connectivity index (χ3n) is 4.60. The fourth-order valence-electron chi connectivity index (χ4n) is 2.80. The molecule has 146 valence electrons. The molecule has 0 bridgehead atoms. The Morgan fingerprint density at radius 3 is 2.48 bits per heavy atom. The SMILES string of the molecule is CCN(CC)CCOc1cc(C(=O)N(C)C(=N)N)cc2ccc(OC)cc12. The Hall–Kier alpha value is -2.80. The zero-order valence-electron chi connectivity index (χ0n) is 16.4. The molecule has 0 unspecified atom stereocenters. The average molecular weight is 372 g/mol. The highest BCUT2D eigenvalue weighted by atomic mass is 16.5. The molecule has 0 radical (unpaired) electrons. The van der Waals surface area contributed by atoms with Crippen LogP contribution in [0.1, 0.15) is 24.2 Å². The molecule has 0 saturated heterocycles. The third kappa shape index (κ3) is 4.89. The number of hydrogen-bond acceptors (Lipinski definition) is 5. The Kier molecular flexibility index (Phi) is 7.01. The number of nitrogens with two attached hydrogens (primary N) is 1. The maximum atomic E-state index is 12.6. The Labute approximate surface area is 160 Å². The number of methoxy groups -OCH3 is 1. The van der Waals surface area contributed by atoms with Crippen LogP contribution in [-0.2, 0) is 0 Å². The molecule has 0 aliphatic rings. The van der Waals surface area contributed by atoms with Gasteiger partial charge in [0, 0.05) is 24.5 Å². The van der Waals surface area contributed by atoms with E-state index in [4.69, 9.17) is 20.6 Å². The predicted octanol–water partition coefficient (Wildman–Crippen LogP) is 2.53. The quantitative estimate of drug-likeness (QED) is 0.549. The van der Waals surface area contributed by atoms with E-state index in [0.717, 1.165) is 41.1 Å². The number of amides is 1. The van der Waals surface area contributed by atoms with Crippen LogP contribution >= 0.6 is 0 Å². The van der Waals surface area contributed by atoms with Crippen LogP contribution in [0.2, 0.25) is 0 Å². The molecule has 0 atom stereocenters. The van der Waals surface area contributed by atoms with Gasteiger partial charge in [-0.3, -0.25) is 15.1 Å². The first-order valence-corrected chi connectivity index (χ1v) is 9.00. The molecule has 7 heteroatoms. The molecule has 0 heterocycles. The monoisotopic (exact) mass is 372 g/mol. The van der Waals surface area contributed by atoms with E-state index in [1.165, 1.54) is 7.05 Å². The van der Waals surface area contributed by atoms with Crippen molar-refractivity contribution in [1.82, 2.24) is 9.80 Å². The molecular weight excluding hydrogens is 344 g/mol. The highest BCUT2D eigenvalue weighted by molar-refractivity contribution is 6.07. The van der Waals surface area contributed by atoms with Gasteiger partial charge >= 0.3 is 0 Å². The smallest absolute Gasteiger partial charge is 0.260 e. The van der Waals surface area contributed by atoms with Crippen molar-refractivity contribution in [2.45, 2.75) is 13.8 Å². The van der Waals surface area contributed by atoms with Crippen molar-refractivity contribution in [1.29, 1.82) is 5.41 Å². The van der Waals surface area contributed by atoms with Crippen molar-refractivity contribution >= 4 is 22.6 Å². The second kappa shape index (κ2) is 9.23. The summed E-state index contributed by atoms with van der Waals surface area (Å²) in [7, 11) is 3.09. The lowest BCUT2D eigenvalue weighted by Crippen LogP contribution is -2.37. The lowest BCUT2D eigenvalue weighted by Gasteiger charge is -2.20. The number of nitrogens with zero attached hydrogens (tertiary/aromatic N) is 2. The Morgan fingerprint density at radius 1 is 1.19 bits per heavy atom. The first-order valence-electron chi connectivity index (χ1n) is 9.00. The summed E-state index contributed by atoms with van der Waals surface area (Å²) in [5.41, 5.74) is 5.86. The van der Waals surface area contributed by atoms with Crippen molar-refractivity contribution in [2.75, 3.05) is 40.4 Å². The number of fused-ring (bicyclic) bond motifs is 1. The number of likely N-dealkylation sites (N-methyl/N-ethyl adjacent to an activating group) is 1. The number of carbonyl (C=O) groups is 1. The van der Waals surface area contributed by atoms with Gasteiger partial charge in [-0.1, -0.05) is 19.9 Å². The van der Waals surface area contributed by atoms with Gasteiger partial charge in [0.1, 0.15) is 18.1 Å². The fraction of sp³-hybridized carbons (Fsp3) is 0.400. The van der Waals surface area contributed by atoms with Crippen LogP contribution in [0.3, 0.4) is 0 Å². The van der Waals surface area contributed by atoms with Crippen LogP contribution in [0.4, 0.5) is 0 Å². The van der Waals surface area contributed by atoms with Gasteiger partial charge in [-0.15, -0.1) is 0 Å². The van der Waals surface area contributed by atoms with Crippen molar-refractivity contribution < 1.29 is 14.3 Å². The standard InChI is InChI=1S/C20H28N4O3/c1-5-24(6-2)9-10-27-18-12-15(19(25)23(3)20(21)22)11-14-7-8-16(26-4)13-17(14)18/h7-8,11-13H,5-6,9-10H2,1-4H3,(H3,21,22). The number of ether oxygens (including phenoxy) is 2. The van der Waals surface area contributed by atoms with Crippen LogP contribution < -0.4 is 15.2 Å². The van der Waals surface area contributed by atoms with E-state index in [1.807, 2.05) is 18.2 Å². The van der Waals surface area contributed by atoms with Crippen molar-refractivity contribution in [3.8, 4) is 11.5 Å². The summed E-state index contributed by atoms with van der Waals surface area (Å²) >= 11 is 0. The molecule has 1 amide bonds. The van der Waals surface area contributed by atoms with Gasteiger partial charge in [0.2, 0.25) is 0 Å². The molecular formula is C20H28N4O3. The largest absolute Gasteiger partial charge is 0.497 e. The van der Waals surface area contributed by atoms with Crippen molar-refractivity contribution in [3.05, 3.63) is 35.9 Å². The zero-order valence-corrected chi connectivity index (χ0v) is 16.4. The molecule has 0 spiro atoms. The summed E-state index contributed by atoms with van der Waals surface area (Å²) in [6.07, 6.45) is 0. The predicted molar refractivity (Wildman–Crippen MR) is 108 cm³/mol. The lowest BCUT2D eigenvalue weighted by atomic mass is 10.0. The first-order chi connectivity index (χ1) is 12.9. The first kappa shape index (κ1) is 20.5. The minimum absolute atomic E-state index is 0.307. The molecule has 0 saturated carbocycles. The summed E-state index contributed by atoms with van der Waals surface area (Å²) < 4.78 is 11.3. The van der Waals surface area contributed by atoms with E-state index in [2.05, 4.69) is 18.7 Å². The van der Waals surface area contributed by atoms with Gasteiger partial charge in [0.15, 0.2) is 5.96 Å². The molecule has 0 aromatic heterocycles. The summed E-state index contributed by atoms with van der Waals surface area (Å²) in [4.78, 5) is 16.0. The fourth-order valence-corrected chi connectivity index (χ4v) is 2.80. The van der Waals surface area contributed by atoms with Crippen LogP contribution in [-0.4, -0.2) is 62.1 Å². The van der Waals surface area contributed by atoms with Gasteiger partial charge in [0.05, 0.1) is 7.11 Å². The number of carbonyl (C=O) groups excluding carboxylic acids is 1. The summed E-state index contributed by atoms with van der Waals surface area (Å²) in [5, 5.41) is 9.21. The molecule has 7 nitrogen and oxygen atoms in total. The van der Waals surface area contributed by atoms with Gasteiger partial charge in [0.25, 0.3) is 5.91 Å². The second-order valence-corrected chi connectivity index (χ2v) is 6.19. The van der Waals surface area contributed by atoms with E-state index < -0.39 is 0 Å². The van der Waals surface area contributed by atoms with E-state index in [9.17, 15) is 4.79 Å². The molecule has 2 rings (SSSR count). The maximum Gasteiger partial charge on any atom is 0.260 e. The van der Waals surface area contributed by atoms with Gasteiger partial charge in [-0.05, 0) is 42.7 Å². The van der Waals surface area contributed by atoms with Crippen LogP contribution in [0, 0.1) is 5.41 Å². The van der Waals surface area contributed by atoms with Crippen LogP contribution in [0.5, 0.6) is 11.5 Å². The van der Waals surface area contributed by atoms with E-state index in [0.29, 0.717) is 17.9 Å². The average Bonchev–Trinajstić information content (AvgIpc) is 2.69. The Bertz CT molecular complexity index is 818. The van der Waals surface area contributed by atoms with Gasteiger partial charge < -0.3 is 20.1 Å². The van der Waals surface area contributed by atoms with E-state index in [-0.39, 0.29) is 11.9 Å². The van der Waals surface area contributed by atoms with Crippen molar-refractivity contribution in [3.63, 3.8) is 0 Å². The molecule has 0 fully saturated rings. The molecule has 0 aliphatic heterocycles. The van der Waals surface area contributed by atoms with E-state index >= 15 is 0 Å². The Balaban J connectivity index is 2.40. The normalized spacial score (nSPS) is 10.9. The summed E-state index contributed by atoms with van der Waals surface area (Å²) in [6.45, 7) is 7.44. The summed E-state index contributed by atoms with van der Waals surface area (Å²) in [6, 6.07) is 9.09. The maximum absolute atomic E-state index is 12.6. The van der Waals surface area contributed by atoms with E-state index in [1.54, 1.807) is 19.2 Å². The highest BCUT2D eigenvalue weighted by Crippen LogP contribution is 2.31. The van der Waals surface area contributed by atoms with Crippen molar-refractivity contribution in [2.24, 2.45) is 5.73 Å². The van der Waals surface area contributed by atoms with Crippen LogP contribution in [0.25, 0.3) is 10.8 Å². The van der Waals surface area contributed by atoms with Crippen LogP contribution in [0.15, 0.2) is 30.3 Å². The molecule has 0 aliphatic carbocycles. The molecule has 3 N–H and O–H groups in total. The third-order valence-corrected chi connectivity index (χ3v) is 4.60. The number of hydrogen-bond donors (Lipinski definition) is 2. The second-order valence-electron chi connectivity index (χ2n) is 6.19. The zero-order chi connectivity index (χ0) is 20.0. The van der Waals surface area contributed by atoms with Gasteiger partial charge in [-0.25, -0.2) is 0 Å². The number of guanidine groups is 1.